The number of ether oxygens (including phenoxy) is 1. The number of benzene rings is 1. The van der Waals surface area contributed by atoms with Crippen molar-refractivity contribution in [2.24, 2.45) is 0 Å². The van der Waals surface area contributed by atoms with Crippen LogP contribution in [0.5, 0.6) is 0 Å². The summed E-state index contributed by atoms with van der Waals surface area (Å²) in [7, 11) is 0. The molecular weight excluding hydrogens is 236 g/mol. The average molecular weight is 256 g/mol. The van der Waals surface area contributed by atoms with Gasteiger partial charge in [0.25, 0.3) is 0 Å². The summed E-state index contributed by atoms with van der Waals surface area (Å²) in [5, 5.41) is 0. The van der Waals surface area contributed by atoms with Gasteiger partial charge in [0.1, 0.15) is 11.9 Å². The molecule has 1 aliphatic carbocycles. The van der Waals surface area contributed by atoms with Gasteiger partial charge in [-0.1, -0.05) is 43.2 Å². The van der Waals surface area contributed by atoms with E-state index in [0.29, 0.717) is 12.2 Å². The predicted molar refractivity (Wildman–Crippen MR) is 74.6 cm³/mol. The lowest BCUT2D eigenvalue weighted by atomic mass is 9.90. The summed E-state index contributed by atoms with van der Waals surface area (Å²) in [6, 6.07) is 10.1. The van der Waals surface area contributed by atoms with Gasteiger partial charge < -0.3 is 4.74 Å². The van der Waals surface area contributed by atoms with Gasteiger partial charge in [0.2, 0.25) is 0 Å². The standard InChI is InChI=1S/C17H20O2/c18-15-12-17(13-8-4-3-5-9-13)19-16-11-7-2-1-6-10-14(15)16/h3-5,8-9,17H,1-2,6-7,10-12H2. The Balaban J connectivity index is 1.85. The normalized spacial score (nSPS) is 24.2. The lowest BCUT2D eigenvalue weighted by Crippen LogP contribution is -2.21. The highest BCUT2D eigenvalue weighted by Gasteiger charge is 2.29. The summed E-state index contributed by atoms with van der Waals surface area (Å²) >= 11 is 0. The molecule has 0 spiro atoms. The molecule has 2 nitrogen and oxygen atoms in total. The van der Waals surface area contributed by atoms with Gasteiger partial charge in [0.05, 0.1) is 6.42 Å². The average Bonchev–Trinajstić information content (AvgIpc) is 2.41. The highest BCUT2D eigenvalue weighted by molar-refractivity contribution is 5.96. The van der Waals surface area contributed by atoms with E-state index in [4.69, 9.17) is 4.74 Å². The molecule has 1 heterocycles. The van der Waals surface area contributed by atoms with Crippen LogP contribution in [0.2, 0.25) is 0 Å². The van der Waals surface area contributed by atoms with Crippen molar-refractivity contribution in [1.29, 1.82) is 0 Å². The van der Waals surface area contributed by atoms with Crippen LogP contribution in [-0.2, 0) is 9.53 Å². The lowest BCUT2D eigenvalue weighted by Gasteiger charge is -2.29. The third-order valence-electron chi connectivity index (χ3n) is 4.08. The number of ketones is 1. The van der Waals surface area contributed by atoms with Crippen LogP contribution in [0.3, 0.4) is 0 Å². The first kappa shape index (κ1) is 12.5. The Morgan fingerprint density at radius 2 is 1.68 bits per heavy atom. The third kappa shape index (κ3) is 2.73. The molecule has 0 saturated carbocycles. The third-order valence-corrected chi connectivity index (χ3v) is 4.08. The Morgan fingerprint density at radius 3 is 2.47 bits per heavy atom. The van der Waals surface area contributed by atoms with Crippen LogP contribution >= 0.6 is 0 Å². The van der Waals surface area contributed by atoms with Crippen molar-refractivity contribution in [3.05, 3.63) is 47.2 Å². The zero-order valence-electron chi connectivity index (χ0n) is 11.2. The molecule has 0 bridgehead atoms. The van der Waals surface area contributed by atoms with Crippen LogP contribution in [0, 0.1) is 0 Å². The van der Waals surface area contributed by atoms with Gasteiger partial charge in [-0.3, -0.25) is 4.79 Å². The van der Waals surface area contributed by atoms with Crippen molar-refractivity contribution >= 4 is 5.78 Å². The van der Waals surface area contributed by atoms with E-state index in [1.807, 2.05) is 30.3 Å². The molecule has 1 aromatic rings. The predicted octanol–water partition coefficient (Wildman–Crippen LogP) is 4.33. The Kier molecular flexibility index (Phi) is 3.67. The smallest absolute Gasteiger partial charge is 0.166 e. The van der Waals surface area contributed by atoms with Crippen LogP contribution in [0.4, 0.5) is 0 Å². The second-order valence-corrected chi connectivity index (χ2v) is 5.46. The quantitative estimate of drug-likeness (QED) is 0.747. The number of hydrogen-bond donors (Lipinski definition) is 0. The molecule has 0 amide bonds. The molecule has 1 atom stereocenters. The van der Waals surface area contributed by atoms with Gasteiger partial charge in [0, 0.05) is 12.0 Å². The fraction of sp³-hybridized carbons (Fsp3) is 0.471. The fourth-order valence-corrected chi connectivity index (χ4v) is 3.01. The molecule has 1 aliphatic heterocycles. The van der Waals surface area contributed by atoms with E-state index in [0.717, 1.165) is 42.6 Å². The van der Waals surface area contributed by atoms with Gasteiger partial charge in [0.15, 0.2) is 5.78 Å². The molecule has 2 aliphatic rings. The molecule has 0 N–H and O–H groups in total. The molecule has 100 valence electrons. The van der Waals surface area contributed by atoms with Gasteiger partial charge in [-0.05, 0) is 24.8 Å². The van der Waals surface area contributed by atoms with E-state index >= 15 is 0 Å². The molecule has 0 radical (unpaired) electrons. The molecular formula is C17H20O2. The Bertz CT molecular complexity index is 487. The first-order valence-electron chi connectivity index (χ1n) is 7.31. The monoisotopic (exact) mass is 256 g/mol. The number of hydrogen-bond acceptors (Lipinski definition) is 2. The van der Waals surface area contributed by atoms with Gasteiger partial charge in [-0.15, -0.1) is 0 Å². The first-order chi connectivity index (χ1) is 9.34. The van der Waals surface area contributed by atoms with Crippen molar-refractivity contribution in [2.45, 2.75) is 51.0 Å². The molecule has 0 aromatic heterocycles. The summed E-state index contributed by atoms with van der Waals surface area (Å²) in [6.45, 7) is 0. The van der Waals surface area contributed by atoms with Crippen molar-refractivity contribution in [2.75, 3.05) is 0 Å². The minimum atomic E-state index is -0.0770. The molecule has 19 heavy (non-hydrogen) atoms. The Labute approximate surface area is 114 Å². The number of carbonyl (C=O) groups is 1. The highest BCUT2D eigenvalue weighted by Crippen LogP contribution is 2.36. The van der Waals surface area contributed by atoms with Crippen molar-refractivity contribution in [1.82, 2.24) is 0 Å². The molecule has 1 aromatic carbocycles. The van der Waals surface area contributed by atoms with Crippen LogP contribution in [0.25, 0.3) is 0 Å². The zero-order valence-corrected chi connectivity index (χ0v) is 11.2. The maximum absolute atomic E-state index is 12.3. The molecule has 0 fully saturated rings. The van der Waals surface area contributed by atoms with E-state index in [1.54, 1.807) is 0 Å². The molecule has 1 unspecified atom stereocenters. The Hall–Kier alpha value is -1.57. The topological polar surface area (TPSA) is 26.3 Å². The summed E-state index contributed by atoms with van der Waals surface area (Å²) in [5.41, 5.74) is 2.09. The number of allylic oxidation sites excluding steroid dienone is 2. The largest absolute Gasteiger partial charge is 0.489 e. The Morgan fingerprint density at radius 1 is 0.947 bits per heavy atom. The molecule has 3 rings (SSSR count). The fourth-order valence-electron chi connectivity index (χ4n) is 3.01. The van der Waals surface area contributed by atoms with Crippen LogP contribution in [0.1, 0.15) is 56.6 Å². The van der Waals surface area contributed by atoms with Gasteiger partial charge in [-0.25, -0.2) is 0 Å². The first-order valence-corrected chi connectivity index (χ1v) is 7.31. The van der Waals surface area contributed by atoms with Crippen molar-refractivity contribution < 1.29 is 9.53 Å². The lowest BCUT2D eigenvalue weighted by molar-refractivity contribution is -0.120. The minimum Gasteiger partial charge on any atom is -0.489 e. The van der Waals surface area contributed by atoms with Crippen molar-refractivity contribution in [3.63, 3.8) is 0 Å². The molecule has 2 heteroatoms. The summed E-state index contributed by atoms with van der Waals surface area (Å²) < 4.78 is 6.14. The van der Waals surface area contributed by atoms with Crippen LogP contribution in [-0.4, -0.2) is 5.78 Å². The second-order valence-electron chi connectivity index (χ2n) is 5.46. The van der Waals surface area contributed by atoms with Gasteiger partial charge in [-0.2, -0.15) is 0 Å². The molecule has 0 saturated heterocycles. The summed E-state index contributed by atoms with van der Waals surface area (Å²) in [5.74, 6) is 1.28. The zero-order chi connectivity index (χ0) is 13.1. The van der Waals surface area contributed by atoms with E-state index < -0.39 is 0 Å². The SMILES string of the molecule is O=C1CC(c2ccccc2)OC2=C1CCCCCC2. The van der Waals surface area contributed by atoms with Crippen LogP contribution < -0.4 is 0 Å². The minimum absolute atomic E-state index is 0.0770. The van der Waals surface area contributed by atoms with Crippen LogP contribution in [0.15, 0.2) is 41.7 Å². The highest BCUT2D eigenvalue weighted by atomic mass is 16.5. The van der Waals surface area contributed by atoms with E-state index in [9.17, 15) is 4.79 Å². The second kappa shape index (κ2) is 5.60. The van der Waals surface area contributed by atoms with Gasteiger partial charge >= 0.3 is 0 Å². The maximum Gasteiger partial charge on any atom is 0.166 e. The number of rotatable bonds is 1. The number of Topliss-reactive ketones (excluding diaryl/α,β-unsaturated/α-hetero) is 1. The number of carbonyl (C=O) groups excluding carboxylic acids is 1. The summed E-state index contributed by atoms with van der Waals surface area (Å²) in [6.07, 6.45) is 7.05. The summed E-state index contributed by atoms with van der Waals surface area (Å²) in [4.78, 5) is 12.3. The van der Waals surface area contributed by atoms with Crippen molar-refractivity contribution in [3.8, 4) is 0 Å². The van der Waals surface area contributed by atoms with E-state index in [2.05, 4.69) is 0 Å². The maximum atomic E-state index is 12.3. The van der Waals surface area contributed by atoms with E-state index in [-0.39, 0.29) is 6.10 Å². The van der Waals surface area contributed by atoms with E-state index in [1.165, 1.54) is 12.8 Å².